The van der Waals surface area contributed by atoms with E-state index in [2.05, 4.69) is 36.8 Å². The number of amides is 2. The second-order valence-electron chi connectivity index (χ2n) is 4.41. The molecule has 20 heavy (non-hydrogen) atoms. The summed E-state index contributed by atoms with van der Waals surface area (Å²) in [5, 5.41) is 13.7. The lowest BCUT2D eigenvalue weighted by atomic mass is 10.3. The van der Waals surface area contributed by atoms with Crippen LogP contribution in [0.3, 0.4) is 0 Å². The summed E-state index contributed by atoms with van der Waals surface area (Å²) >= 11 is 3.35. The normalized spacial score (nSPS) is 10.5. The first-order valence-electron chi connectivity index (χ1n) is 6.35. The zero-order chi connectivity index (χ0) is 14.4. The van der Waals surface area contributed by atoms with E-state index in [-0.39, 0.29) is 6.03 Å². The first-order valence-corrected chi connectivity index (χ1v) is 7.14. The summed E-state index contributed by atoms with van der Waals surface area (Å²) in [5.41, 5.74) is 0.686. The van der Waals surface area contributed by atoms with Crippen molar-refractivity contribution < 1.29 is 4.79 Å². The van der Waals surface area contributed by atoms with E-state index in [0.29, 0.717) is 12.2 Å². The van der Waals surface area contributed by atoms with E-state index in [9.17, 15) is 4.79 Å². The predicted molar refractivity (Wildman–Crippen MR) is 79.4 cm³/mol. The van der Waals surface area contributed by atoms with E-state index >= 15 is 0 Å². The van der Waals surface area contributed by atoms with Gasteiger partial charge in [-0.3, -0.25) is 9.36 Å². The fourth-order valence-corrected chi connectivity index (χ4v) is 2.05. The minimum absolute atomic E-state index is 0.208. The van der Waals surface area contributed by atoms with Crippen LogP contribution in [0.25, 0.3) is 0 Å². The smallest absolute Gasteiger partial charge is 0.319 e. The maximum absolute atomic E-state index is 11.6. The largest absolute Gasteiger partial charge is 0.338 e. The number of carbonyl (C=O) groups is 1. The average Bonchev–Trinajstić information content (AvgIpc) is 2.98. The predicted octanol–water partition coefficient (Wildman–Crippen LogP) is 1.98. The number of rotatable bonds is 6. The summed E-state index contributed by atoms with van der Waals surface area (Å²) in [4.78, 5) is 11.6. The van der Waals surface area contributed by atoms with Gasteiger partial charge >= 0.3 is 6.03 Å². The molecular weight excluding hydrogens is 324 g/mol. The lowest BCUT2D eigenvalue weighted by Gasteiger charge is -2.06. The van der Waals surface area contributed by atoms with Gasteiger partial charge in [0, 0.05) is 32.5 Å². The quantitative estimate of drug-likeness (QED) is 0.789. The van der Waals surface area contributed by atoms with Crippen molar-refractivity contribution in [3.05, 3.63) is 29.3 Å². The summed E-state index contributed by atoms with van der Waals surface area (Å²) in [6.45, 7) is 1.48. The molecule has 0 saturated heterocycles. The molecule has 8 heteroatoms. The number of nitrogens with zero attached hydrogens (tertiary/aromatic N) is 4. The molecule has 2 rings (SSSR count). The highest BCUT2D eigenvalue weighted by Crippen LogP contribution is 2.07. The van der Waals surface area contributed by atoms with Crippen LogP contribution < -0.4 is 10.6 Å². The fourth-order valence-electron chi connectivity index (χ4n) is 1.72. The molecule has 2 amide bonds. The van der Waals surface area contributed by atoms with Crippen LogP contribution in [-0.4, -0.2) is 32.1 Å². The summed E-state index contributed by atoms with van der Waals surface area (Å²) in [6.07, 6.45) is 8.91. The minimum atomic E-state index is -0.208. The van der Waals surface area contributed by atoms with Gasteiger partial charge in [0.1, 0.15) is 0 Å². The molecule has 2 aromatic heterocycles. The Morgan fingerprint density at radius 1 is 1.30 bits per heavy atom. The first-order chi connectivity index (χ1) is 9.63. The lowest BCUT2D eigenvalue weighted by molar-refractivity contribution is 0.252. The van der Waals surface area contributed by atoms with E-state index in [1.807, 2.05) is 10.9 Å². The zero-order valence-corrected chi connectivity index (χ0v) is 12.8. The number of hydrogen-bond acceptors (Lipinski definition) is 3. The monoisotopic (exact) mass is 340 g/mol. The first kappa shape index (κ1) is 14.6. The van der Waals surface area contributed by atoms with E-state index in [1.165, 1.54) is 0 Å². The number of halogens is 1. The van der Waals surface area contributed by atoms with Crippen molar-refractivity contribution in [2.75, 3.05) is 11.9 Å². The van der Waals surface area contributed by atoms with Crippen molar-refractivity contribution >= 4 is 27.6 Å². The van der Waals surface area contributed by atoms with E-state index in [1.54, 1.807) is 30.3 Å². The maximum Gasteiger partial charge on any atom is 0.319 e. The molecule has 0 aromatic carbocycles. The number of unbranched alkanes of at least 4 members (excludes halogenated alkanes) is 1. The molecule has 0 fully saturated rings. The number of carbonyl (C=O) groups excluding carboxylic acids is 1. The molecule has 0 unspecified atom stereocenters. The highest BCUT2D eigenvalue weighted by Gasteiger charge is 2.02. The molecule has 2 N–H and O–H groups in total. The summed E-state index contributed by atoms with van der Waals surface area (Å²) in [5.74, 6) is 0. The summed E-state index contributed by atoms with van der Waals surface area (Å²) < 4.78 is 4.49. The van der Waals surface area contributed by atoms with Crippen LogP contribution in [0.4, 0.5) is 10.5 Å². The van der Waals surface area contributed by atoms with Gasteiger partial charge in [0.2, 0.25) is 0 Å². The van der Waals surface area contributed by atoms with Gasteiger partial charge in [-0.1, -0.05) is 0 Å². The van der Waals surface area contributed by atoms with Crippen LogP contribution in [0.15, 0.2) is 29.3 Å². The summed E-state index contributed by atoms with van der Waals surface area (Å²) in [6, 6.07) is -0.208. The van der Waals surface area contributed by atoms with Gasteiger partial charge in [-0.05, 0) is 28.8 Å². The summed E-state index contributed by atoms with van der Waals surface area (Å²) in [7, 11) is 1.80. The third kappa shape index (κ3) is 4.69. The third-order valence-electron chi connectivity index (χ3n) is 2.66. The average molecular weight is 341 g/mol. The number of hydrogen-bond donors (Lipinski definition) is 2. The molecule has 0 aliphatic rings. The Balaban J connectivity index is 1.57. The number of urea groups is 1. The van der Waals surface area contributed by atoms with Crippen LogP contribution in [-0.2, 0) is 13.6 Å². The van der Waals surface area contributed by atoms with E-state index in [0.717, 1.165) is 23.9 Å². The van der Waals surface area contributed by atoms with Crippen LogP contribution in [0.1, 0.15) is 12.8 Å². The molecule has 7 nitrogen and oxygen atoms in total. The standard InChI is InChI=1S/C12H17BrN6O/c1-18-9-11(7-15-18)17-12(20)14-4-2-3-5-19-8-10(13)6-16-19/h6-9H,2-5H2,1H3,(H2,14,17,20). The number of anilines is 1. The highest BCUT2D eigenvalue weighted by atomic mass is 79.9. The second-order valence-corrected chi connectivity index (χ2v) is 5.33. The molecule has 0 saturated carbocycles. The van der Waals surface area contributed by atoms with Gasteiger partial charge in [0.05, 0.1) is 22.6 Å². The van der Waals surface area contributed by atoms with Crippen LogP contribution >= 0.6 is 15.9 Å². The zero-order valence-electron chi connectivity index (χ0n) is 11.2. The molecule has 2 heterocycles. The number of nitrogens with one attached hydrogen (secondary N) is 2. The van der Waals surface area contributed by atoms with Crippen LogP contribution in [0.2, 0.25) is 0 Å². The van der Waals surface area contributed by atoms with Gasteiger partial charge in [-0.25, -0.2) is 4.79 Å². The van der Waals surface area contributed by atoms with Crippen molar-refractivity contribution in [1.29, 1.82) is 0 Å². The Morgan fingerprint density at radius 3 is 2.80 bits per heavy atom. The van der Waals surface area contributed by atoms with Crippen molar-refractivity contribution in [3.8, 4) is 0 Å². The molecule has 0 bridgehead atoms. The maximum atomic E-state index is 11.6. The van der Waals surface area contributed by atoms with Crippen LogP contribution in [0, 0.1) is 0 Å². The Kier molecular flexibility index (Phi) is 5.16. The Labute approximate surface area is 125 Å². The van der Waals surface area contributed by atoms with Crippen molar-refractivity contribution in [3.63, 3.8) is 0 Å². The highest BCUT2D eigenvalue weighted by molar-refractivity contribution is 9.10. The number of aryl methyl sites for hydroxylation is 2. The number of aromatic nitrogens is 4. The van der Waals surface area contributed by atoms with Gasteiger partial charge in [0.15, 0.2) is 0 Å². The molecule has 0 radical (unpaired) electrons. The minimum Gasteiger partial charge on any atom is -0.338 e. The van der Waals surface area contributed by atoms with Gasteiger partial charge in [-0.15, -0.1) is 0 Å². The molecular formula is C12H17BrN6O. The van der Waals surface area contributed by atoms with Crippen molar-refractivity contribution in [1.82, 2.24) is 24.9 Å². The van der Waals surface area contributed by atoms with Gasteiger partial charge in [-0.2, -0.15) is 10.2 Å². The fraction of sp³-hybridized carbons (Fsp3) is 0.417. The molecule has 108 valence electrons. The van der Waals surface area contributed by atoms with E-state index in [4.69, 9.17) is 0 Å². The van der Waals surface area contributed by atoms with Crippen LogP contribution in [0.5, 0.6) is 0 Å². The van der Waals surface area contributed by atoms with Gasteiger partial charge in [0.25, 0.3) is 0 Å². The Hall–Kier alpha value is -1.83. The molecule has 0 atom stereocenters. The molecule has 0 aliphatic carbocycles. The van der Waals surface area contributed by atoms with Gasteiger partial charge < -0.3 is 10.6 Å². The topological polar surface area (TPSA) is 76.8 Å². The molecule has 2 aromatic rings. The van der Waals surface area contributed by atoms with E-state index < -0.39 is 0 Å². The second kappa shape index (κ2) is 7.09. The lowest BCUT2D eigenvalue weighted by Crippen LogP contribution is -2.29. The SMILES string of the molecule is Cn1cc(NC(=O)NCCCCn2cc(Br)cn2)cn1. The Morgan fingerprint density at radius 2 is 2.15 bits per heavy atom. The molecule has 0 spiro atoms. The van der Waals surface area contributed by atoms with Crippen molar-refractivity contribution in [2.24, 2.45) is 7.05 Å². The van der Waals surface area contributed by atoms with Crippen molar-refractivity contribution in [2.45, 2.75) is 19.4 Å². The third-order valence-corrected chi connectivity index (χ3v) is 3.07. The molecule has 0 aliphatic heterocycles. The Bertz CT molecular complexity index is 564.